The Hall–Kier alpha value is -2.10. The first kappa shape index (κ1) is 12.4. The van der Waals surface area contributed by atoms with E-state index < -0.39 is 0 Å². The molecule has 1 heterocycles. The van der Waals surface area contributed by atoms with Gasteiger partial charge in [-0.05, 0) is 36.8 Å². The van der Waals surface area contributed by atoms with Gasteiger partial charge >= 0.3 is 0 Å². The summed E-state index contributed by atoms with van der Waals surface area (Å²) in [6.07, 6.45) is 1.71. The molecular formula is C14H17N3O. The van der Waals surface area contributed by atoms with Crippen molar-refractivity contribution in [3.05, 3.63) is 47.3 Å². The number of rotatable bonds is 3. The summed E-state index contributed by atoms with van der Waals surface area (Å²) >= 11 is 0. The summed E-state index contributed by atoms with van der Waals surface area (Å²) in [7, 11) is 5.73. The Kier molecular flexibility index (Phi) is 3.19. The lowest BCUT2D eigenvalue weighted by Gasteiger charge is -2.12. The molecule has 4 heteroatoms. The summed E-state index contributed by atoms with van der Waals surface area (Å²) in [4.78, 5) is 14.4. The third-order valence-corrected chi connectivity index (χ3v) is 2.98. The number of anilines is 1. The molecule has 2 rings (SSSR count). The number of benzene rings is 1. The highest BCUT2D eigenvalue weighted by Gasteiger charge is 2.16. The number of hydrogen-bond acceptors (Lipinski definition) is 3. The lowest BCUT2D eigenvalue weighted by molar-refractivity contribution is 0.102. The quantitative estimate of drug-likeness (QED) is 0.774. The van der Waals surface area contributed by atoms with Crippen molar-refractivity contribution in [2.75, 3.05) is 19.0 Å². The number of aryl methyl sites for hydroxylation is 2. The zero-order valence-corrected chi connectivity index (χ0v) is 11.1. The van der Waals surface area contributed by atoms with E-state index in [1.165, 1.54) is 0 Å². The third-order valence-electron chi connectivity index (χ3n) is 2.98. The van der Waals surface area contributed by atoms with Gasteiger partial charge in [-0.1, -0.05) is 0 Å². The van der Waals surface area contributed by atoms with E-state index in [-0.39, 0.29) is 5.78 Å². The van der Waals surface area contributed by atoms with Gasteiger partial charge in [-0.25, -0.2) is 0 Å². The molecule has 0 aliphatic heterocycles. The number of hydrogen-bond donors (Lipinski definition) is 0. The standard InChI is InChI=1S/C14H17N3O/c1-10-9-15-17(4)13(10)14(18)11-5-7-12(8-6-11)16(2)3/h5-9H,1-4H3. The van der Waals surface area contributed by atoms with Crippen LogP contribution < -0.4 is 4.90 Å². The molecule has 0 spiro atoms. The van der Waals surface area contributed by atoms with Crippen molar-refractivity contribution in [1.82, 2.24) is 9.78 Å². The van der Waals surface area contributed by atoms with E-state index in [1.54, 1.807) is 17.9 Å². The molecule has 2 aromatic rings. The molecule has 4 nitrogen and oxygen atoms in total. The van der Waals surface area contributed by atoms with Crippen LogP contribution in [-0.4, -0.2) is 29.7 Å². The van der Waals surface area contributed by atoms with Crippen LogP contribution in [0.3, 0.4) is 0 Å². The Bertz CT molecular complexity index is 548. The molecular weight excluding hydrogens is 226 g/mol. The summed E-state index contributed by atoms with van der Waals surface area (Å²) in [6.45, 7) is 1.90. The zero-order valence-electron chi connectivity index (χ0n) is 11.1. The predicted molar refractivity (Wildman–Crippen MR) is 72.1 cm³/mol. The molecule has 0 bridgehead atoms. The fraction of sp³-hybridized carbons (Fsp3) is 0.286. The molecule has 0 atom stereocenters. The van der Waals surface area contributed by atoms with Gasteiger partial charge in [-0.2, -0.15) is 5.10 Å². The summed E-state index contributed by atoms with van der Waals surface area (Å²) in [6, 6.07) is 7.59. The third kappa shape index (κ3) is 2.14. The van der Waals surface area contributed by atoms with Gasteiger partial charge in [-0.3, -0.25) is 9.48 Å². The number of carbonyl (C=O) groups excluding carboxylic acids is 1. The highest BCUT2D eigenvalue weighted by atomic mass is 16.1. The van der Waals surface area contributed by atoms with E-state index in [4.69, 9.17) is 0 Å². The van der Waals surface area contributed by atoms with Crippen LogP contribution in [0.4, 0.5) is 5.69 Å². The molecule has 1 aromatic heterocycles. The highest BCUT2D eigenvalue weighted by Crippen LogP contribution is 2.17. The molecule has 0 N–H and O–H groups in total. The Morgan fingerprint density at radius 3 is 2.28 bits per heavy atom. The van der Waals surface area contributed by atoms with Crippen molar-refractivity contribution in [3.63, 3.8) is 0 Å². The topological polar surface area (TPSA) is 38.1 Å². The number of aromatic nitrogens is 2. The minimum absolute atomic E-state index is 0.0119. The van der Waals surface area contributed by atoms with Gasteiger partial charge in [-0.15, -0.1) is 0 Å². The first-order valence-electron chi connectivity index (χ1n) is 5.81. The van der Waals surface area contributed by atoms with E-state index in [0.29, 0.717) is 11.3 Å². The molecule has 0 amide bonds. The van der Waals surface area contributed by atoms with Crippen LogP contribution in [-0.2, 0) is 7.05 Å². The Morgan fingerprint density at radius 1 is 1.22 bits per heavy atom. The normalized spacial score (nSPS) is 10.4. The van der Waals surface area contributed by atoms with Crippen LogP contribution in [0.25, 0.3) is 0 Å². The lowest BCUT2D eigenvalue weighted by atomic mass is 10.1. The first-order chi connectivity index (χ1) is 8.50. The fourth-order valence-corrected chi connectivity index (χ4v) is 1.92. The van der Waals surface area contributed by atoms with E-state index >= 15 is 0 Å². The summed E-state index contributed by atoms with van der Waals surface area (Å²) < 4.78 is 1.62. The summed E-state index contributed by atoms with van der Waals surface area (Å²) in [5.41, 5.74) is 3.31. The molecule has 0 saturated heterocycles. The van der Waals surface area contributed by atoms with Gasteiger partial charge in [0, 0.05) is 32.4 Å². The van der Waals surface area contributed by atoms with E-state index in [1.807, 2.05) is 50.2 Å². The van der Waals surface area contributed by atoms with Gasteiger partial charge < -0.3 is 4.90 Å². The van der Waals surface area contributed by atoms with Crippen LogP contribution in [0.15, 0.2) is 30.5 Å². The van der Waals surface area contributed by atoms with Gasteiger partial charge in [0.25, 0.3) is 0 Å². The van der Waals surface area contributed by atoms with Crippen molar-refractivity contribution in [2.24, 2.45) is 7.05 Å². The zero-order chi connectivity index (χ0) is 13.3. The van der Waals surface area contributed by atoms with Crippen LogP contribution in [0, 0.1) is 6.92 Å². The molecule has 0 unspecified atom stereocenters. The van der Waals surface area contributed by atoms with Crippen molar-refractivity contribution in [2.45, 2.75) is 6.92 Å². The molecule has 0 aliphatic carbocycles. The minimum Gasteiger partial charge on any atom is -0.378 e. The molecule has 0 radical (unpaired) electrons. The smallest absolute Gasteiger partial charge is 0.211 e. The van der Waals surface area contributed by atoms with Crippen molar-refractivity contribution in [3.8, 4) is 0 Å². The lowest BCUT2D eigenvalue weighted by Crippen LogP contribution is -2.11. The number of ketones is 1. The fourth-order valence-electron chi connectivity index (χ4n) is 1.92. The van der Waals surface area contributed by atoms with Crippen LogP contribution in [0.1, 0.15) is 21.6 Å². The molecule has 94 valence electrons. The molecule has 0 saturated carbocycles. The van der Waals surface area contributed by atoms with Crippen LogP contribution in [0.5, 0.6) is 0 Å². The molecule has 1 aromatic carbocycles. The van der Waals surface area contributed by atoms with E-state index in [0.717, 1.165) is 11.3 Å². The number of nitrogens with zero attached hydrogens (tertiary/aromatic N) is 3. The number of carbonyl (C=O) groups is 1. The van der Waals surface area contributed by atoms with Gasteiger partial charge in [0.1, 0.15) is 5.69 Å². The first-order valence-corrected chi connectivity index (χ1v) is 5.81. The highest BCUT2D eigenvalue weighted by molar-refractivity contribution is 6.08. The van der Waals surface area contributed by atoms with Gasteiger partial charge in [0.2, 0.25) is 5.78 Å². The second kappa shape index (κ2) is 4.64. The van der Waals surface area contributed by atoms with Gasteiger partial charge in [0.15, 0.2) is 0 Å². The molecule has 0 fully saturated rings. The van der Waals surface area contributed by atoms with Gasteiger partial charge in [0.05, 0.1) is 6.20 Å². The predicted octanol–water partition coefficient (Wildman–Crippen LogP) is 2.03. The maximum Gasteiger partial charge on any atom is 0.211 e. The average molecular weight is 243 g/mol. The summed E-state index contributed by atoms with van der Waals surface area (Å²) in [5.74, 6) is 0.0119. The largest absolute Gasteiger partial charge is 0.378 e. The monoisotopic (exact) mass is 243 g/mol. The molecule has 0 aliphatic rings. The van der Waals surface area contributed by atoms with Crippen molar-refractivity contribution >= 4 is 11.5 Å². The average Bonchev–Trinajstić information content (AvgIpc) is 2.68. The Balaban J connectivity index is 2.35. The SMILES string of the molecule is Cc1cnn(C)c1C(=O)c1ccc(N(C)C)cc1. The maximum absolute atomic E-state index is 12.4. The van der Waals surface area contributed by atoms with Crippen LogP contribution >= 0.6 is 0 Å². The summed E-state index contributed by atoms with van der Waals surface area (Å²) in [5, 5.41) is 4.10. The molecule has 18 heavy (non-hydrogen) atoms. The Labute approximate surface area is 107 Å². The van der Waals surface area contributed by atoms with Crippen LogP contribution in [0.2, 0.25) is 0 Å². The van der Waals surface area contributed by atoms with E-state index in [2.05, 4.69) is 5.10 Å². The maximum atomic E-state index is 12.4. The van der Waals surface area contributed by atoms with E-state index in [9.17, 15) is 4.79 Å². The second-order valence-electron chi connectivity index (χ2n) is 4.57. The Morgan fingerprint density at radius 2 is 1.83 bits per heavy atom. The minimum atomic E-state index is 0.0119. The van der Waals surface area contributed by atoms with Crippen molar-refractivity contribution in [1.29, 1.82) is 0 Å². The second-order valence-corrected chi connectivity index (χ2v) is 4.57. The van der Waals surface area contributed by atoms with Crippen molar-refractivity contribution < 1.29 is 4.79 Å².